The Hall–Kier alpha value is -2.42. The van der Waals surface area contributed by atoms with E-state index in [1.165, 1.54) is 0 Å². The maximum atomic E-state index is 11.7. The van der Waals surface area contributed by atoms with Gasteiger partial charge in [-0.05, 0) is 25.5 Å². The number of pyridine rings is 1. The van der Waals surface area contributed by atoms with Gasteiger partial charge in [-0.2, -0.15) is 4.98 Å². The average Bonchev–Trinajstić information content (AvgIpc) is 3.00. The summed E-state index contributed by atoms with van der Waals surface area (Å²) < 4.78 is 23.3. The maximum Gasteiger partial charge on any atom is 0.227 e. The molecule has 0 radical (unpaired) electrons. The van der Waals surface area contributed by atoms with E-state index >= 15 is 0 Å². The van der Waals surface area contributed by atoms with Gasteiger partial charge in [-0.1, -0.05) is 6.07 Å². The molecule has 4 rings (SSSR count). The first-order valence-electron chi connectivity index (χ1n) is 9.22. The third kappa shape index (κ3) is 4.29. The van der Waals surface area contributed by atoms with Crippen molar-refractivity contribution in [3.8, 4) is 0 Å². The number of hydrogen-bond donors (Lipinski definition) is 1. The summed E-state index contributed by atoms with van der Waals surface area (Å²) in [5.74, 6) is 2.81. The fourth-order valence-corrected chi connectivity index (χ4v) is 5.24. The normalized spacial score (nSPS) is 22.0. The molecule has 0 aromatic carbocycles. The van der Waals surface area contributed by atoms with Gasteiger partial charge in [-0.15, -0.1) is 0 Å². The van der Waals surface area contributed by atoms with Gasteiger partial charge in [-0.3, -0.25) is 0 Å². The topological polar surface area (TPSA) is 91.3 Å². The molecule has 0 amide bonds. The Morgan fingerprint density at radius 3 is 2.56 bits per heavy atom. The van der Waals surface area contributed by atoms with E-state index in [0.29, 0.717) is 18.2 Å². The highest BCUT2D eigenvalue weighted by Crippen LogP contribution is 2.21. The van der Waals surface area contributed by atoms with Gasteiger partial charge in [-0.25, -0.2) is 18.4 Å². The fraction of sp³-hybridized carbons (Fsp3) is 0.500. The standard InChI is InChI=1S/C18H24N6O2S/c1-14-12-16(21-15-5-11-27(25,26)13-15)22-18(20-14)24-9-7-23(8-10-24)17-4-2-3-6-19-17/h2-4,6,12,15H,5,7-11,13H2,1H3,(H,20,21,22). The smallest absolute Gasteiger partial charge is 0.227 e. The molecular formula is C18H24N6O2S. The molecule has 1 unspecified atom stereocenters. The van der Waals surface area contributed by atoms with Gasteiger partial charge in [0.25, 0.3) is 0 Å². The number of anilines is 3. The molecule has 2 saturated heterocycles. The Morgan fingerprint density at radius 1 is 1.11 bits per heavy atom. The van der Waals surface area contributed by atoms with Crippen molar-refractivity contribution < 1.29 is 8.42 Å². The molecule has 0 bridgehead atoms. The van der Waals surface area contributed by atoms with Crippen molar-refractivity contribution in [1.82, 2.24) is 15.0 Å². The Bertz CT molecular complexity index is 897. The Kier molecular flexibility index (Phi) is 4.86. The van der Waals surface area contributed by atoms with Gasteiger partial charge in [0.1, 0.15) is 11.6 Å². The second kappa shape index (κ2) is 7.30. The highest BCUT2D eigenvalue weighted by Gasteiger charge is 2.28. The summed E-state index contributed by atoms with van der Waals surface area (Å²) in [6.45, 7) is 5.29. The molecule has 0 aliphatic carbocycles. The average molecular weight is 388 g/mol. The molecule has 2 aromatic heterocycles. The lowest BCUT2D eigenvalue weighted by molar-refractivity contribution is 0.602. The molecule has 27 heavy (non-hydrogen) atoms. The van der Waals surface area contributed by atoms with Crippen molar-refractivity contribution in [2.24, 2.45) is 0 Å². The SMILES string of the molecule is Cc1cc(NC2CCS(=O)(=O)C2)nc(N2CCN(c3ccccn3)CC2)n1. The zero-order valence-electron chi connectivity index (χ0n) is 15.4. The molecular weight excluding hydrogens is 364 g/mol. The van der Waals surface area contributed by atoms with Gasteiger partial charge in [0, 0.05) is 50.2 Å². The van der Waals surface area contributed by atoms with E-state index in [-0.39, 0.29) is 17.5 Å². The van der Waals surface area contributed by atoms with Crippen LogP contribution in [-0.4, -0.2) is 67.1 Å². The first kappa shape index (κ1) is 18.0. The lowest BCUT2D eigenvalue weighted by Gasteiger charge is -2.35. The van der Waals surface area contributed by atoms with Gasteiger partial charge < -0.3 is 15.1 Å². The molecule has 144 valence electrons. The van der Waals surface area contributed by atoms with Gasteiger partial charge in [0.15, 0.2) is 9.84 Å². The maximum absolute atomic E-state index is 11.7. The second-order valence-electron chi connectivity index (χ2n) is 7.10. The minimum atomic E-state index is -2.92. The molecule has 2 aliphatic rings. The van der Waals surface area contributed by atoms with Gasteiger partial charge in [0.05, 0.1) is 11.5 Å². The van der Waals surface area contributed by atoms with Gasteiger partial charge in [0.2, 0.25) is 5.95 Å². The predicted octanol–water partition coefficient (Wildman–Crippen LogP) is 1.11. The van der Waals surface area contributed by atoms with Crippen LogP contribution < -0.4 is 15.1 Å². The summed E-state index contributed by atoms with van der Waals surface area (Å²) in [6, 6.07) is 7.75. The number of nitrogens with zero attached hydrogens (tertiary/aromatic N) is 5. The first-order chi connectivity index (χ1) is 13.0. The van der Waals surface area contributed by atoms with Crippen molar-refractivity contribution in [3.63, 3.8) is 0 Å². The van der Waals surface area contributed by atoms with Crippen LogP contribution in [0.15, 0.2) is 30.5 Å². The molecule has 2 aliphatic heterocycles. The third-order valence-electron chi connectivity index (χ3n) is 4.96. The van der Waals surface area contributed by atoms with Crippen LogP contribution in [-0.2, 0) is 9.84 Å². The summed E-state index contributed by atoms with van der Waals surface area (Å²) in [4.78, 5) is 18.1. The monoisotopic (exact) mass is 388 g/mol. The number of hydrogen-bond acceptors (Lipinski definition) is 8. The number of piperazine rings is 1. The lowest BCUT2D eigenvalue weighted by Crippen LogP contribution is -2.47. The van der Waals surface area contributed by atoms with Crippen LogP contribution in [0, 0.1) is 6.92 Å². The van der Waals surface area contributed by atoms with Gasteiger partial charge >= 0.3 is 0 Å². The minimum Gasteiger partial charge on any atom is -0.366 e. The molecule has 2 aromatic rings. The van der Waals surface area contributed by atoms with E-state index in [1.54, 1.807) is 0 Å². The molecule has 0 saturated carbocycles. The zero-order valence-corrected chi connectivity index (χ0v) is 16.2. The number of rotatable bonds is 4. The number of aromatic nitrogens is 3. The van der Waals surface area contributed by atoms with Crippen molar-refractivity contribution in [1.29, 1.82) is 0 Å². The summed E-state index contributed by atoms with van der Waals surface area (Å²) in [7, 11) is -2.92. The fourth-order valence-electron chi connectivity index (χ4n) is 3.56. The zero-order chi connectivity index (χ0) is 18.9. The van der Waals surface area contributed by atoms with Crippen LogP contribution in [0.4, 0.5) is 17.6 Å². The first-order valence-corrected chi connectivity index (χ1v) is 11.0. The second-order valence-corrected chi connectivity index (χ2v) is 9.33. The van der Waals surface area contributed by atoms with Crippen LogP contribution in [0.2, 0.25) is 0 Å². The molecule has 9 heteroatoms. The largest absolute Gasteiger partial charge is 0.366 e. The van der Waals surface area contributed by atoms with Crippen LogP contribution >= 0.6 is 0 Å². The highest BCUT2D eigenvalue weighted by atomic mass is 32.2. The van der Waals surface area contributed by atoms with Crippen LogP contribution in [0.25, 0.3) is 0 Å². The van der Waals surface area contributed by atoms with Crippen molar-refractivity contribution in [2.75, 3.05) is 52.8 Å². The van der Waals surface area contributed by atoms with Crippen LogP contribution in [0.3, 0.4) is 0 Å². The number of aryl methyl sites for hydroxylation is 1. The number of sulfone groups is 1. The summed E-state index contributed by atoms with van der Waals surface area (Å²) in [5, 5.41) is 3.27. The third-order valence-corrected chi connectivity index (χ3v) is 6.73. The van der Waals surface area contributed by atoms with E-state index in [2.05, 4.69) is 30.1 Å². The van der Waals surface area contributed by atoms with Crippen molar-refractivity contribution >= 4 is 27.4 Å². The van der Waals surface area contributed by atoms with E-state index in [1.807, 2.05) is 37.4 Å². The molecule has 4 heterocycles. The van der Waals surface area contributed by atoms with Crippen molar-refractivity contribution in [3.05, 3.63) is 36.2 Å². The molecule has 2 fully saturated rings. The highest BCUT2D eigenvalue weighted by molar-refractivity contribution is 7.91. The van der Waals surface area contributed by atoms with Crippen LogP contribution in [0.5, 0.6) is 0 Å². The van der Waals surface area contributed by atoms with Crippen LogP contribution in [0.1, 0.15) is 12.1 Å². The van der Waals surface area contributed by atoms with E-state index in [9.17, 15) is 8.42 Å². The Labute approximate surface area is 159 Å². The molecule has 1 N–H and O–H groups in total. The summed E-state index contributed by atoms with van der Waals surface area (Å²) in [5.41, 5.74) is 0.871. The lowest BCUT2D eigenvalue weighted by atomic mass is 10.2. The molecule has 1 atom stereocenters. The summed E-state index contributed by atoms with van der Waals surface area (Å²) >= 11 is 0. The Balaban J connectivity index is 1.43. The predicted molar refractivity (Wildman–Crippen MR) is 106 cm³/mol. The minimum absolute atomic E-state index is 0.0712. The van der Waals surface area contributed by atoms with E-state index < -0.39 is 9.84 Å². The van der Waals surface area contributed by atoms with Crippen molar-refractivity contribution in [2.45, 2.75) is 19.4 Å². The number of nitrogens with one attached hydrogen (secondary N) is 1. The Morgan fingerprint density at radius 2 is 1.89 bits per heavy atom. The molecule has 0 spiro atoms. The quantitative estimate of drug-likeness (QED) is 0.833. The van der Waals surface area contributed by atoms with E-state index in [0.717, 1.165) is 37.7 Å². The van der Waals surface area contributed by atoms with E-state index in [4.69, 9.17) is 0 Å². The summed E-state index contributed by atoms with van der Waals surface area (Å²) in [6.07, 6.45) is 2.44. The molecule has 8 nitrogen and oxygen atoms in total.